The van der Waals surface area contributed by atoms with Crippen molar-refractivity contribution >= 4 is 17.3 Å². The van der Waals surface area contributed by atoms with Gasteiger partial charge < -0.3 is 15.2 Å². The summed E-state index contributed by atoms with van der Waals surface area (Å²) in [6.07, 6.45) is -0.457. The summed E-state index contributed by atoms with van der Waals surface area (Å²) in [5.74, 6) is -0.294. The molecule has 0 saturated carbocycles. The first-order valence-corrected chi connectivity index (χ1v) is 8.51. The monoisotopic (exact) mass is 335 g/mol. The molecule has 2 N–H and O–H groups in total. The predicted octanol–water partition coefficient (Wildman–Crippen LogP) is 2.47. The number of aliphatic hydroxyl groups is 1. The standard InChI is InChI=1S/C20H17NO4/c1-9-18(22)14-8-15(25-9)12-6-7-13-16(17(12)21-14)20(24)11-5-3-2-4-10(11)19(13)23/h2-7,9,14-15,18,21-22H,8H2,1H3/t9-,14+,15+,18-/m0/s1. The molecule has 0 radical (unpaired) electrons. The Morgan fingerprint density at radius 2 is 1.76 bits per heavy atom. The van der Waals surface area contributed by atoms with Crippen LogP contribution < -0.4 is 5.32 Å². The van der Waals surface area contributed by atoms with Gasteiger partial charge in [-0.3, -0.25) is 9.59 Å². The van der Waals surface area contributed by atoms with Gasteiger partial charge >= 0.3 is 0 Å². The average molecular weight is 335 g/mol. The Hall–Kier alpha value is -2.50. The summed E-state index contributed by atoms with van der Waals surface area (Å²) < 4.78 is 5.93. The van der Waals surface area contributed by atoms with E-state index in [4.69, 9.17) is 4.74 Å². The highest BCUT2D eigenvalue weighted by Crippen LogP contribution is 2.45. The minimum absolute atomic E-state index is 0.139. The topological polar surface area (TPSA) is 75.6 Å². The Labute approximate surface area is 144 Å². The quantitative estimate of drug-likeness (QED) is 0.660. The number of ketones is 2. The van der Waals surface area contributed by atoms with Crippen molar-refractivity contribution < 1.29 is 19.4 Å². The van der Waals surface area contributed by atoms with Crippen molar-refractivity contribution in [1.82, 2.24) is 0 Å². The van der Waals surface area contributed by atoms with Crippen molar-refractivity contribution in [3.63, 3.8) is 0 Å². The molecule has 2 aliphatic heterocycles. The molecule has 1 saturated heterocycles. The maximum atomic E-state index is 13.1. The van der Waals surface area contributed by atoms with Gasteiger partial charge in [0, 0.05) is 28.7 Å². The smallest absolute Gasteiger partial charge is 0.196 e. The van der Waals surface area contributed by atoms with Crippen LogP contribution in [0.5, 0.6) is 0 Å². The Bertz CT molecular complexity index is 935. The Morgan fingerprint density at radius 1 is 1.04 bits per heavy atom. The summed E-state index contributed by atoms with van der Waals surface area (Å²) in [5.41, 5.74) is 3.21. The maximum Gasteiger partial charge on any atom is 0.196 e. The first kappa shape index (κ1) is 14.8. The summed E-state index contributed by atoms with van der Waals surface area (Å²) in [6, 6.07) is 10.3. The van der Waals surface area contributed by atoms with E-state index in [1.807, 2.05) is 13.0 Å². The van der Waals surface area contributed by atoms with Crippen molar-refractivity contribution in [2.45, 2.75) is 37.7 Å². The molecule has 5 nitrogen and oxygen atoms in total. The van der Waals surface area contributed by atoms with Crippen LogP contribution in [0.1, 0.15) is 56.9 Å². The van der Waals surface area contributed by atoms with E-state index < -0.39 is 6.10 Å². The molecule has 0 aromatic heterocycles. The van der Waals surface area contributed by atoms with Crippen LogP contribution in [0.4, 0.5) is 5.69 Å². The number of anilines is 1. The second-order valence-corrected chi connectivity index (χ2v) is 6.96. The van der Waals surface area contributed by atoms with Gasteiger partial charge in [0.05, 0.1) is 29.5 Å². The molecule has 0 spiro atoms. The molecule has 5 rings (SSSR count). The van der Waals surface area contributed by atoms with E-state index in [-0.39, 0.29) is 29.8 Å². The van der Waals surface area contributed by atoms with E-state index >= 15 is 0 Å². The SMILES string of the molecule is C[C@@H]1O[C@@H]2C[C@@H](Nc3c2ccc2c3C(=O)c3ccccc3C2=O)[C@H]1O. The summed E-state index contributed by atoms with van der Waals surface area (Å²) in [6.45, 7) is 1.85. The first-order valence-electron chi connectivity index (χ1n) is 8.51. The molecule has 0 amide bonds. The number of carbonyl (C=O) groups excluding carboxylic acids is 2. The third-order valence-electron chi connectivity index (χ3n) is 5.54. The van der Waals surface area contributed by atoms with Crippen LogP contribution in [0.2, 0.25) is 0 Å². The van der Waals surface area contributed by atoms with Gasteiger partial charge in [0.15, 0.2) is 11.6 Å². The number of hydrogen-bond acceptors (Lipinski definition) is 5. The minimum Gasteiger partial charge on any atom is -0.388 e. The van der Waals surface area contributed by atoms with Crippen molar-refractivity contribution in [3.05, 3.63) is 64.2 Å². The van der Waals surface area contributed by atoms with Crippen LogP contribution in [0, 0.1) is 0 Å². The van der Waals surface area contributed by atoms with E-state index in [1.165, 1.54) is 0 Å². The molecule has 5 heteroatoms. The lowest BCUT2D eigenvalue weighted by atomic mass is 9.78. The zero-order valence-corrected chi connectivity index (χ0v) is 13.7. The molecular formula is C20H17NO4. The first-order chi connectivity index (χ1) is 12.1. The Kier molecular flexibility index (Phi) is 2.96. The van der Waals surface area contributed by atoms with Gasteiger partial charge in [-0.15, -0.1) is 0 Å². The van der Waals surface area contributed by atoms with Crippen molar-refractivity contribution in [3.8, 4) is 0 Å². The molecule has 0 unspecified atom stereocenters. The second-order valence-electron chi connectivity index (χ2n) is 6.96. The van der Waals surface area contributed by atoms with Gasteiger partial charge in [0.2, 0.25) is 0 Å². The number of carbonyl (C=O) groups is 2. The molecule has 1 fully saturated rings. The third-order valence-corrected chi connectivity index (χ3v) is 5.54. The Balaban J connectivity index is 1.72. The van der Waals surface area contributed by atoms with Gasteiger partial charge in [-0.05, 0) is 13.0 Å². The van der Waals surface area contributed by atoms with Gasteiger partial charge in [-0.1, -0.05) is 30.3 Å². The molecular weight excluding hydrogens is 318 g/mol. The van der Waals surface area contributed by atoms with Crippen LogP contribution in [0.3, 0.4) is 0 Å². The summed E-state index contributed by atoms with van der Waals surface area (Å²) in [5, 5.41) is 13.7. The van der Waals surface area contributed by atoms with Crippen LogP contribution in [-0.2, 0) is 4.74 Å². The van der Waals surface area contributed by atoms with E-state index in [0.29, 0.717) is 34.4 Å². The molecule has 25 heavy (non-hydrogen) atoms. The van der Waals surface area contributed by atoms with E-state index in [2.05, 4.69) is 5.32 Å². The molecule has 2 bridgehead atoms. The number of ether oxygens (including phenoxy) is 1. The lowest BCUT2D eigenvalue weighted by molar-refractivity contribution is -0.119. The van der Waals surface area contributed by atoms with E-state index in [1.54, 1.807) is 30.3 Å². The number of nitrogens with one attached hydrogen (secondary N) is 1. The fraction of sp³-hybridized carbons (Fsp3) is 0.300. The molecule has 3 aliphatic rings. The second kappa shape index (κ2) is 5.00. The number of rotatable bonds is 0. The van der Waals surface area contributed by atoms with Crippen LogP contribution in [0.15, 0.2) is 36.4 Å². The normalized spacial score (nSPS) is 29.4. The minimum atomic E-state index is -0.651. The van der Waals surface area contributed by atoms with Crippen LogP contribution in [0.25, 0.3) is 0 Å². The fourth-order valence-electron chi connectivity index (χ4n) is 4.25. The van der Waals surface area contributed by atoms with Gasteiger partial charge in [0.25, 0.3) is 0 Å². The van der Waals surface area contributed by atoms with Crippen molar-refractivity contribution in [2.24, 2.45) is 0 Å². The molecule has 2 aromatic carbocycles. The zero-order chi connectivity index (χ0) is 17.3. The summed E-state index contributed by atoms with van der Waals surface area (Å²) >= 11 is 0. The lowest BCUT2D eigenvalue weighted by Crippen LogP contribution is -2.50. The lowest BCUT2D eigenvalue weighted by Gasteiger charge is -2.44. The predicted molar refractivity (Wildman–Crippen MR) is 91.1 cm³/mol. The largest absolute Gasteiger partial charge is 0.388 e. The van der Waals surface area contributed by atoms with Gasteiger partial charge in [-0.2, -0.15) is 0 Å². The molecule has 2 heterocycles. The molecule has 1 aliphatic carbocycles. The third kappa shape index (κ3) is 1.91. The van der Waals surface area contributed by atoms with E-state index in [9.17, 15) is 14.7 Å². The zero-order valence-electron chi connectivity index (χ0n) is 13.7. The average Bonchev–Trinajstić information content (AvgIpc) is 2.63. The highest BCUT2D eigenvalue weighted by Gasteiger charge is 2.43. The van der Waals surface area contributed by atoms with Crippen LogP contribution in [-0.4, -0.2) is 34.9 Å². The van der Waals surface area contributed by atoms with Crippen LogP contribution >= 0.6 is 0 Å². The highest BCUT2D eigenvalue weighted by atomic mass is 16.5. The number of aliphatic hydroxyl groups excluding tert-OH is 1. The molecule has 126 valence electrons. The van der Waals surface area contributed by atoms with Gasteiger partial charge in [0.1, 0.15) is 6.10 Å². The van der Waals surface area contributed by atoms with Crippen molar-refractivity contribution in [1.29, 1.82) is 0 Å². The van der Waals surface area contributed by atoms with Crippen molar-refractivity contribution in [2.75, 3.05) is 5.32 Å². The fourth-order valence-corrected chi connectivity index (χ4v) is 4.25. The molecule has 4 atom stereocenters. The Morgan fingerprint density at radius 3 is 2.52 bits per heavy atom. The number of benzene rings is 2. The maximum absolute atomic E-state index is 13.1. The number of hydrogen-bond donors (Lipinski definition) is 2. The van der Waals surface area contributed by atoms with E-state index in [0.717, 1.165) is 5.56 Å². The highest BCUT2D eigenvalue weighted by molar-refractivity contribution is 6.30. The molecule has 2 aromatic rings. The van der Waals surface area contributed by atoms with Gasteiger partial charge in [-0.25, -0.2) is 0 Å². The summed E-state index contributed by atoms with van der Waals surface area (Å²) in [4.78, 5) is 25.9. The summed E-state index contributed by atoms with van der Waals surface area (Å²) in [7, 11) is 0. The number of fused-ring (bicyclic) bond motifs is 7.